The Kier molecular flexibility index (Phi) is 11.0. The second kappa shape index (κ2) is 8.82. The monoisotopic (exact) mass is 212 g/mol. The number of carbonyl (C=O) groups is 1. The summed E-state index contributed by atoms with van der Waals surface area (Å²) in [5.74, 6) is -0.206. The van der Waals surface area contributed by atoms with Crippen LogP contribution < -0.4 is 0 Å². The molecule has 0 saturated carbocycles. The van der Waals surface area contributed by atoms with Gasteiger partial charge in [0.25, 0.3) is 0 Å². The van der Waals surface area contributed by atoms with Crippen molar-refractivity contribution in [1.29, 1.82) is 0 Å². The number of ketones is 1. The van der Waals surface area contributed by atoms with Crippen molar-refractivity contribution in [3.05, 3.63) is 29.6 Å². The molecule has 0 aromatic carbocycles. The molecule has 0 rings (SSSR count). The van der Waals surface area contributed by atoms with Crippen LogP contribution in [0.2, 0.25) is 0 Å². The third-order valence-electron chi connectivity index (χ3n) is 0.574. The van der Waals surface area contributed by atoms with Gasteiger partial charge in [-0.15, -0.1) is 0 Å². The Morgan fingerprint density at radius 1 is 1.90 bits per heavy atom. The summed E-state index contributed by atoms with van der Waals surface area (Å²) in [6, 6.07) is 0. The zero-order chi connectivity index (χ0) is 7.11. The van der Waals surface area contributed by atoms with Crippen LogP contribution in [-0.4, -0.2) is 5.78 Å². The quantitative estimate of drug-likeness (QED) is 0.229. The molecule has 0 bridgehead atoms. The standard InChI is InChI=1S/C5H5N3O.Y/c1-2-5(9)3-4-7-8-6;/h3H,1-2H2;/q-2;. The third kappa shape index (κ3) is 7.82. The predicted octanol–water partition coefficient (Wildman–Crippen LogP) is 1.40. The molecule has 10 heavy (non-hydrogen) atoms. The van der Waals surface area contributed by atoms with Gasteiger partial charge in [-0.1, -0.05) is 0 Å². The fourth-order valence-corrected chi connectivity index (χ4v) is 0.199. The van der Waals surface area contributed by atoms with E-state index in [1.807, 2.05) is 0 Å². The van der Waals surface area contributed by atoms with Gasteiger partial charge in [0, 0.05) is 32.7 Å². The molecule has 0 aromatic heterocycles. The average molecular weight is 212 g/mol. The SMILES string of the molecule is [CH2-]CC(=O)C=[C-]N=[N+]=[N-].[Y]. The van der Waals surface area contributed by atoms with Gasteiger partial charge >= 0.3 is 0 Å². The molecule has 0 aromatic rings. The minimum absolute atomic E-state index is 0. The van der Waals surface area contributed by atoms with Gasteiger partial charge in [0.2, 0.25) is 0 Å². The molecule has 0 atom stereocenters. The molecule has 1 radical (unpaired) electrons. The van der Waals surface area contributed by atoms with E-state index >= 15 is 0 Å². The molecule has 5 heteroatoms. The number of carbonyl (C=O) groups excluding carboxylic acids is 1. The Labute approximate surface area is 84.2 Å². The molecule has 51 valence electrons. The summed E-state index contributed by atoms with van der Waals surface area (Å²) >= 11 is 0. The first-order valence-corrected chi connectivity index (χ1v) is 2.26. The smallest absolute Gasteiger partial charge is 0 e. The Bertz CT molecular complexity index is 172. The minimum atomic E-state index is -0.206. The number of nitrogens with zero attached hydrogens (tertiary/aromatic N) is 3. The van der Waals surface area contributed by atoms with Crippen molar-refractivity contribution in [3.63, 3.8) is 0 Å². The second-order valence-electron chi connectivity index (χ2n) is 1.18. The van der Waals surface area contributed by atoms with Crippen molar-refractivity contribution in [2.45, 2.75) is 6.42 Å². The summed E-state index contributed by atoms with van der Waals surface area (Å²) in [7, 11) is 0. The number of allylic oxidation sites excluding steroid dienone is 1. The fraction of sp³-hybridized carbons (Fsp3) is 0.200. The van der Waals surface area contributed by atoms with Gasteiger partial charge in [0.15, 0.2) is 0 Å². The Morgan fingerprint density at radius 2 is 2.50 bits per heavy atom. The molecular weight excluding hydrogens is 207 g/mol. The molecule has 0 aliphatic rings. The van der Waals surface area contributed by atoms with Crippen molar-refractivity contribution < 1.29 is 37.5 Å². The zero-order valence-electron chi connectivity index (χ0n) is 5.32. The van der Waals surface area contributed by atoms with Crippen molar-refractivity contribution >= 4 is 5.78 Å². The van der Waals surface area contributed by atoms with Crippen LogP contribution in [0.3, 0.4) is 0 Å². The van der Waals surface area contributed by atoms with Gasteiger partial charge in [-0.2, -0.15) is 23.8 Å². The van der Waals surface area contributed by atoms with Crippen LogP contribution in [0.25, 0.3) is 10.4 Å². The summed E-state index contributed by atoms with van der Waals surface area (Å²) in [4.78, 5) is 12.7. The summed E-state index contributed by atoms with van der Waals surface area (Å²) in [6.45, 7) is 3.31. The molecule has 0 aliphatic carbocycles. The first-order chi connectivity index (χ1) is 4.31. The molecule has 0 unspecified atom stereocenters. The molecule has 0 heterocycles. The summed E-state index contributed by atoms with van der Waals surface area (Å²) < 4.78 is 0. The Balaban J connectivity index is 0. The van der Waals surface area contributed by atoms with Crippen LogP contribution in [0.5, 0.6) is 0 Å². The van der Waals surface area contributed by atoms with Crippen LogP contribution in [0.4, 0.5) is 0 Å². The molecule has 0 fully saturated rings. The van der Waals surface area contributed by atoms with E-state index in [9.17, 15) is 4.79 Å². The second-order valence-corrected chi connectivity index (χ2v) is 1.18. The number of hydrogen-bond acceptors (Lipinski definition) is 2. The van der Waals surface area contributed by atoms with Crippen LogP contribution in [0.1, 0.15) is 6.42 Å². The molecular formula is C5H5N3OY-2. The summed E-state index contributed by atoms with van der Waals surface area (Å²) in [5, 5.41) is 2.89. The number of rotatable bonds is 3. The number of hydrogen-bond donors (Lipinski definition) is 0. The maximum Gasteiger partial charge on any atom is 0 e. The van der Waals surface area contributed by atoms with Crippen molar-refractivity contribution in [2.75, 3.05) is 0 Å². The Morgan fingerprint density at radius 3 is 2.90 bits per heavy atom. The van der Waals surface area contributed by atoms with E-state index in [1.54, 1.807) is 0 Å². The van der Waals surface area contributed by atoms with Crippen LogP contribution in [0, 0.1) is 13.1 Å². The van der Waals surface area contributed by atoms with Gasteiger partial charge < -0.3 is 11.7 Å². The molecule has 0 aliphatic heterocycles. The molecule has 0 amide bonds. The number of azide groups is 1. The van der Waals surface area contributed by atoms with Gasteiger partial charge in [-0.05, 0) is 16.2 Å². The maximum atomic E-state index is 10.3. The van der Waals surface area contributed by atoms with Crippen molar-refractivity contribution in [3.8, 4) is 0 Å². The molecule has 0 saturated heterocycles. The van der Waals surface area contributed by atoms with E-state index in [-0.39, 0.29) is 44.9 Å². The first-order valence-electron chi connectivity index (χ1n) is 2.26. The van der Waals surface area contributed by atoms with E-state index in [4.69, 9.17) is 5.53 Å². The average Bonchev–Trinajstić information content (AvgIpc) is 1.89. The summed E-state index contributed by atoms with van der Waals surface area (Å²) in [6.07, 6.45) is 3.30. The van der Waals surface area contributed by atoms with Crippen LogP contribution in [-0.2, 0) is 37.5 Å². The summed E-state index contributed by atoms with van der Waals surface area (Å²) in [5.41, 5.74) is 7.70. The molecule has 0 spiro atoms. The topological polar surface area (TPSA) is 65.8 Å². The minimum Gasteiger partial charge on any atom is -0.409 e. The van der Waals surface area contributed by atoms with Crippen LogP contribution in [0.15, 0.2) is 11.2 Å². The van der Waals surface area contributed by atoms with Gasteiger partial charge in [-0.25, -0.2) is 0 Å². The van der Waals surface area contributed by atoms with Gasteiger partial charge in [0.1, 0.15) is 0 Å². The van der Waals surface area contributed by atoms with E-state index in [0.717, 1.165) is 6.08 Å². The van der Waals surface area contributed by atoms with Crippen molar-refractivity contribution in [1.82, 2.24) is 0 Å². The van der Waals surface area contributed by atoms with E-state index < -0.39 is 0 Å². The zero-order valence-corrected chi connectivity index (χ0v) is 8.16. The maximum absolute atomic E-state index is 10.3. The van der Waals surface area contributed by atoms with Crippen LogP contribution >= 0.6 is 0 Å². The molecule has 0 N–H and O–H groups in total. The Hall–Kier alpha value is -0.176. The van der Waals surface area contributed by atoms with E-state index in [1.165, 1.54) is 0 Å². The normalized spacial score (nSPS) is 8.10. The van der Waals surface area contributed by atoms with Crippen molar-refractivity contribution in [2.24, 2.45) is 5.11 Å². The third-order valence-corrected chi connectivity index (χ3v) is 0.574. The van der Waals surface area contributed by atoms with Gasteiger partial charge in [-0.3, -0.25) is 0 Å². The predicted molar refractivity (Wildman–Crippen MR) is 31.9 cm³/mol. The van der Waals surface area contributed by atoms with E-state index in [0.29, 0.717) is 0 Å². The van der Waals surface area contributed by atoms with Gasteiger partial charge in [0.05, 0.1) is 0 Å². The molecule has 4 nitrogen and oxygen atoms in total. The largest absolute Gasteiger partial charge is 0.409 e. The fourth-order valence-electron chi connectivity index (χ4n) is 0.199. The van der Waals surface area contributed by atoms with E-state index in [2.05, 4.69) is 23.1 Å². The first kappa shape index (κ1) is 12.5.